The van der Waals surface area contributed by atoms with E-state index in [1.165, 1.54) is 18.4 Å². The summed E-state index contributed by atoms with van der Waals surface area (Å²) in [6.45, 7) is 10.4. The molecule has 0 amide bonds. The van der Waals surface area contributed by atoms with Gasteiger partial charge in [-0.15, -0.1) is 0 Å². The van der Waals surface area contributed by atoms with Gasteiger partial charge in [0.15, 0.2) is 0 Å². The zero-order valence-electron chi connectivity index (χ0n) is 14.2. The average molecular weight is 293 g/mol. The SMILES string of the molecule is CCCC(C)COC(CNC(C)C)c1cccc(OC)c1. The van der Waals surface area contributed by atoms with Crippen molar-refractivity contribution < 1.29 is 9.47 Å². The van der Waals surface area contributed by atoms with Crippen LogP contribution in [-0.4, -0.2) is 26.3 Å². The van der Waals surface area contributed by atoms with Crippen LogP contribution < -0.4 is 10.1 Å². The van der Waals surface area contributed by atoms with Crippen molar-refractivity contribution in [2.45, 2.75) is 52.7 Å². The molecule has 0 saturated carbocycles. The number of rotatable bonds is 10. The largest absolute Gasteiger partial charge is 0.497 e. The molecule has 0 aliphatic carbocycles. The van der Waals surface area contributed by atoms with Gasteiger partial charge in [-0.2, -0.15) is 0 Å². The molecule has 1 rings (SSSR count). The van der Waals surface area contributed by atoms with Crippen molar-refractivity contribution in [3.63, 3.8) is 0 Å². The van der Waals surface area contributed by atoms with Crippen LogP contribution in [0.1, 0.15) is 52.2 Å². The fraction of sp³-hybridized carbons (Fsp3) is 0.667. The fourth-order valence-electron chi connectivity index (χ4n) is 2.31. The second-order valence-corrected chi connectivity index (χ2v) is 6.06. The van der Waals surface area contributed by atoms with E-state index in [-0.39, 0.29) is 6.10 Å². The van der Waals surface area contributed by atoms with E-state index in [0.29, 0.717) is 12.0 Å². The molecule has 3 nitrogen and oxygen atoms in total. The summed E-state index contributed by atoms with van der Waals surface area (Å²) in [5.74, 6) is 1.48. The number of methoxy groups -OCH3 is 1. The average Bonchev–Trinajstić information content (AvgIpc) is 2.47. The Hall–Kier alpha value is -1.06. The highest BCUT2D eigenvalue weighted by atomic mass is 16.5. The molecule has 1 aromatic carbocycles. The first-order chi connectivity index (χ1) is 10.1. The van der Waals surface area contributed by atoms with E-state index in [9.17, 15) is 0 Å². The Balaban J connectivity index is 2.70. The van der Waals surface area contributed by atoms with Crippen molar-refractivity contribution in [3.8, 4) is 5.75 Å². The smallest absolute Gasteiger partial charge is 0.119 e. The lowest BCUT2D eigenvalue weighted by Gasteiger charge is -2.23. The van der Waals surface area contributed by atoms with Crippen LogP contribution in [0.2, 0.25) is 0 Å². The molecule has 0 bridgehead atoms. The van der Waals surface area contributed by atoms with E-state index in [1.807, 2.05) is 12.1 Å². The zero-order chi connectivity index (χ0) is 15.7. The van der Waals surface area contributed by atoms with Gasteiger partial charge in [-0.05, 0) is 30.0 Å². The van der Waals surface area contributed by atoms with Crippen LogP contribution in [0.3, 0.4) is 0 Å². The Kier molecular flexibility index (Phi) is 8.40. The highest BCUT2D eigenvalue weighted by Crippen LogP contribution is 2.23. The Morgan fingerprint density at radius 3 is 2.57 bits per heavy atom. The molecular weight excluding hydrogens is 262 g/mol. The first kappa shape index (κ1) is 18.0. The molecule has 0 saturated heterocycles. The van der Waals surface area contributed by atoms with Crippen LogP contribution in [0.5, 0.6) is 5.75 Å². The van der Waals surface area contributed by atoms with Gasteiger partial charge in [-0.25, -0.2) is 0 Å². The lowest BCUT2D eigenvalue weighted by Crippen LogP contribution is -2.29. The molecule has 3 heteroatoms. The van der Waals surface area contributed by atoms with E-state index in [2.05, 4.69) is 45.1 Å². The van der Waals surface area contributed by atoms with E-state index in [4.69, 9.17) is 9.47 Å². The fourth-order valence-corrected chi connectivity index (χ4v) is 2.31. The lowest BCUT2D eigenvalue weighted by molar-refractivity contribution is 0.0288. The van der Waals surface area contributed by atoms with Gasteiger partial charge in [0.2, 0.25) is 0 Å². The molecule has 0 aliphatic rings. The summed E-state index contributed by atoms with van der Waals surface area (Å²) in [5.41, 5.74) is 1.17. The molecule has 0 radical (unpaired) electrons. The number of nitrogens with one attached hydrogen (secondary N) is 1. The second kappa shape index (κ2) is 9.80. The molecule has 0 aromatic heterocycles. The third kappa shape index (κ3) is 6.96. The summed E-state index contributed by atoms with van der Waals surface area (Å²) in [5, 5.41) is 3.47. The van der Waals surface area contributed by atoms with Crippen molar-refractivity contribution in [1.82, 2.24) is 5.32 Å². The summed E-state index contributed by atoms with van der Waals surface area (Å²) in [6.07, 6.45) is 2.49. The number of hydrogen-bond donors (Lipinski definition) is 1. The van der Waals surface area contributed by atoms with Crippen LogP contribution in [0, 0.1) is 5.92 Å². The molecule has 21 heavy (non-hydrogen) atoms. The van der Waals surface area contributed by atoms with E-state index >= 15 is 0 Å². The van der Waals surface area contributed by atoms with Gasteiger partial charge in [0.25, 0.3) is 0 Å². The van der Waals surface area contributed by atoms with Crippen molar-refractivity contribution in [3.05, 3.63) is 29.8 Å². The van der Waals surface area contributed by atoms with E-state index in [0.717, 1.165) is 18.9 Å². The first-order valence-electron chi connectivity index (χ1n) is 8.05. The molecule has 0 spiro atoms. The quantitative estimate of drug-likeness (QED) is 0.702. The Morgan fingerprint density at radius 1 is 1.19 bits per heavy atom. The van der Waals surface area contributed by atoms with Gasteiger partial charge in [0.1, 0.15) is 5.75 Å². The summed E-state index contributed by atoms with van der Waals surface area (Å²) in [4.78, 5) is 0. The van der Waals surface area contributed by atoms with Crippen LogP contribution in [0.15, 0.2) is 24.3 Å². The highest BCUT2D eigenvalue weighted by Gasteiger charge is 2.15. The zero-order valence-corrected chi connectivity index (χ0v) is 14.2. The minimum atomic E-state index is 0.0711. The number of ether oxygens (including phenoxy) is 2. The van der Waals surface area contributed by atoms with Gasteiger partial charge in [0, 0.05) is 12.6 Å². The predicted molar refractivity (Wildman–Crippen MR) is 88.9 cm³/mol. The number of hydrogen-bond acceptors (Lipinski definition) is 3. The van der Waals surface area contributed by atoms with Crippen molar-refractivity contribution in [2.75, 3.05) is 20.3 Å². The minimum Gasteiger partial charge on any atom is -0.497 e. The summed E-state index contributed by atoms with van der Waals surface area (Å²) < 4.78 is 11.5. The summed E-state index contributed by atoms with van der Waals surface area (Å²) in [7, 11) is 1.70. The molecule has 0 heterocycles. The maximum absolute atomic E-state index is 6.17. The number of benzene rings is 1. The van der Waals surface area contributed by atoms with Crippen molar-refractivity contribution in [1.29, 1.82) is 0 Å². The highest BCUT2D eigenvalue weighted by molar-refractivity contribution is 5.30. The van der Waals surface area contributed by atoms with Gasteiger partial charge in [0.05, 0.1) is 19.8 Å². The summed E-state index contributed by atoms with van der Waals surface area (Å²) in [6, 6.07) is 8.62. The standard InChI is InChI=1S/C18H31NO2/c1-6-8-15(4)13-21-18(12-19-14(2)3)16-9-7-10-17(11-16)20-5/h7,9-11,14-15,18-19H,6,8,12-13H2,1-5H3. The summed E-state index contributed by atoms with van der Waals surface area (Å²) >= 11 is 0. The maximum Gasteiger partial charge on any atom is 0.119 e. The third-order valence-electron chi connectivity index (χ3n) is 3.54. The van der Waals surface area contributed by atoms with Crippen LogP contribution in [-0.2, 0) is 4.74 Å². The van der Waals surface area contributed by atoms with Crippen LogP contribution in [0.4, 0.5) is 0 Å². The van der Waals surface area contributed by atoms with Gasteiger partial charge in [-0.1, -0.05) is 46.2 Å². The molecule has 0 aliphatic heterocycles. The van der Waals surface area contributed by atoms with Crippen molar-refractivity contribution in [2.24, 2.45) is 5.92 Å². The lowest BCUT2D eigenvalue weighted by atomic mass is 10.1. The molecule has 0 fully saturated rings. The molecule has 1 aromatic rings. The van der Waals surface area contributed by atoms with Gasteiger partial charge >= 0.3 is 0 Å². The molecule has 1 N–H and O–H groups in total. The molecule has 120 valence electrons. The molecule has 2 unspecified atom stereocenters. The Morgan fingerprint density at radius 2 is 1.95 bits per heavy atom. The minimum absolute atomic E-state index is 0.0711. The maximum atomic E-state index is 6.17. The first-order valence-corrected chi connectivity index (χ1v) is 8.05. The Bertz CT molecular complexity index is 393. The molecule has 2 atom stereocenters. The Labute approximate surface area is 130 Å². The van der Waals surface area contributed by atoms with Crippen LogP contribution in [0.25, 0.3) is 0 Å². The van der Waals surface area contributed by atoms with Gasteiger partial charge < -0.3 is 14.8 Å². The van der Waals surface area contributed by atoms with Crippen LogP contribution >= 0.6 is 0 Å². The third-order valence-corrected chi connectivity index (χ3v) is 3.54. The van der Waals surface area contributed by atoms with E-state index < -0.39 is 0 Å². The second-order valence-electron chi connectivity index (χ2n) is 6.06. The normalized spacial score (nSPS) is 14.2. The predicted octanol–water partition coefficient (Wildman–Crippen LogP) is 4.19. The van der Waals surface area contributed by atoms with Gasteiger partial charge in [-0.3, -0.25) is 0 Å². The molecular formula is C18H31NO2. The van der Waals surface area contributed by atoms with Crippen molar-refractivity contribution >= 4 is 0 Å². The monoisotopic (exact) mass is 293 g/mol. The topological polar surface area (TPSA) is 30.5 Å². The van der Waals surface area contributed by atoms with E-state index in [1.54, 1.807) is 7.11 Å².